The minimum Gasteiger partial charge on any atom is -0.485 e. The predicted octanol–water partition coefficient (Wildman–Crippen LogP) is 2.25. The van der Waals surface area contributed by atoms with E-state index >= 15 is 0 Å². The van der Waals surface area contributed by atoms with Crippen LogP contribution in [0.25, 0.3) is 0 Å². The number of aliphatic imine (C=N–C) groups is 1. The van der Waals surface area contributed by atoms with Crippen LogP contribution in [0.2, 0.25) is 0 Å². The number of ether oxygens (including phenoxy) is 2. The first kappa shape index (κ1) is 19.0. The second-order valence-electron chi connectivity index (χ2n) is 4.88. The molecule has 0 bridgehead atoms. The van der Waals surface area contributed by atoms with Gasteiger partial charge in [0.2, 0.25) is 0 Å². The van der Waals surface area contributed by atoms with Gasteiger partial charge in [-0.2, -0.15) is 0 Å². The number of morpholine rings is 1. The van der Waals surface area contributed by atoms with Gasteiger partial charge in [-0.3, -0.25) is 0 Å². The molecule has 1 aliphatic heterocycles. The van der Waals surface area contributed by atoms with Crippen LogP contribution in [-0.4, -0.2) is 49.8 Å². The van der Waals surface area contributed by atoms with E-state index in [9.17, 15) is 4.39 Å². The Bertz CT molecular complexity index is 482. The van der Waals surface area contributed by atoms with Crippen molar-refractivity contribution in [3.63, 3.8) is 0 Å². The monoisotopic (exact) mass is 423 g/mol. The molecule has 1 unspecified atom stereocenters. The second-order valence-corrected chi connectivity index (χ2v) is 4.88. The molecular formula is C15H23FIN3O2. The third kappa shape index (κ3) is 5.60. The fraction of sp³-hybridized carbons (Fsp3) is 0.533. The fourth-order valence-corrected chi connectivity index (χ4v) is 2.06. The lowest BCUT2D eigenvalue weighted by molar-refractivity contribution is 0.0673. The molecule has 1 aromatic carbocycles. The Labute approximate surface area is 147 Å². The number of hydrogen-bond acceptors (Lipinski definition) is 3. The van der Waals surface area contributed by atoms with E-state index < -0.39 is 0 Å². The van der Waals surface area contributed by atoms with Crippen LogP contribution in [0.15, 0.2) is 29.3 Å². The van der Waals surface area contributed by atoms with Gasteiger partial charge in [-0.1, -0.05) is 19.1 Å². The van der Waals surface area contributed by atoms with E-state index in [0.29, 0.717) is 25.7 Å². The molecule has 1 saturated heterocycles. The summed E-state index contributed by atoms with van der Waals surface area (Å²) in [6, 6.07) is 6.38. The number of rotatable bonds is 5. The van der Waals surface area contributed by atoms with Crippen LogP contribution in [0, 0.1) is 5.82 Å². The molecule has 1 fully saturated rings. The van der Waals surface area contributed by atoms with Crippen molar-refractivity contribution in [1.29, 1.82) is 0 Å². The molecule has 1 atom stereocenters. The molecule has 5 nitrogen and oxygen atoms in total. The van der Waals surface area contributed by atoms with Crippen molar-refractivity contribution in [2.75, 3.05) is 32.8 Å². The molecule has 0 aliphatic carbocycles. The van der Waals surface area contributed by atoms with Gasteiger partial charge in [-0.05, 0) is 18.6 Å². The van der Waals surface area contributed by atoms with E-state index in [4.69, 9.17) is 15.2 Å². The van der Waals surface area contributed by atoms with E-state index in [1.54, 1.807) is 18.2 Å². The molecule has 0 saturated carbocycles. The van der Waals surface area contributed by atoms with Crippen LogP contribution in [0.5, 0.6) is 5.75 Å². The molecule has 22 heavy (non-hydrogen) atoms. The standard InChI is InChI=1S/C15H22FN3O2.HI/c1-2-12(21-14-6-4-3-5-13(14)16)11-18-15(17)19-7-9-20-10-8-19;/h3-6,12H,2,7-11H2,1H3,(H2,17,18);1H. The highest BCUT2D eigenvalue weighted by molar-refractivity contribution is 14.0. The summed E-state index contributed by atoms with van der Waals surface area (Å²) >= 11 is 0. The van der Waals surface area contributed by atoms with Crippen molar-refractivity contribution in [2.24, 2.45) is 10.7 Å². The average Bonchev–Trinajstić information content (AvgIpc) is 2.53. The number of nitrogens with zero attached hydrogens (tertiary/aromatic N) is 2. The number of halogens is 2. The summed E-state index contributed by atoms with van der Waals surface area (Å²) < 4.78 is 24.5. The summed E-state index contributed by atoms with van der Waals surface area (Å²) in [5.74, 6) is 0.388. The van der Waals surface area contributed by atoms with Gasteiger partial charge in [0.15, 0.2) is 17.5 Å². The lowest BCUT2D eigenvalue weighted by Gasteiger charge is -2.28. The average molecular weight is 423 g/mol. The fourth-order valence-electron chi connectivity index (χ4n) is 2.06. The molecule has 2 N–H and O–H groups in total. The van der Waals surface area contributed by atoms with Crippen molar-refractivity contribution >= 4 is 29.9 Å². The molecule has 0 aromatic heterocycles. The SMILES string of the molecule is CCC(CN=C(N)N1CCOCC1)Oc1ccccc1F.I. The maximum Gasteiger partial charge on any atom is 0.191 e. The molecule has 1 aliphatic rings. The van der Waals surface area contributed by atoms with Crippen LogP contribution in [0.3, 0.4) is 0 Å². The number of nitrogens with two attached hydrogens (primary N) is 1. The molecule has 2 rings (SSSR count). The van der Waals surface area contributed by atoms with Crippen molar-refractivity contribution in [2.45, 2.75) is 19.4 Å². The number of benzene rings is 1. The Morgan fingerprint density at radius 1 is 1.41 bits per heavy atom. The molecule has 1 heterocycles. The van der Waals surface area contributed by atoms with Crippen molar-refractivity contribution < 1.29 is 13.9 Å². The Morgan fingerprint density at radius 2 is 2.09 bits per heavy atom. The normalized spacial score (nSPS) is 16.8. The predicted molar refractivity (Wildman–Crippen MR) is 95.4 cm³/mol. The summed E-state index contributed by atoms with van der Waals surface area (Å²) in [4.78, 5) is 6.35. The van der Waals surface area contributed by atoms with E-state index in [1.807, 2.05) is 11.8 Å². The van der Waals surface area contributed by atoms with Crippen LogP contribution in [0.4, 0.5) is 4.39 Å². The molecule has 0 radical (unpaired) electrons. The van der Waals surface area contributed by atoms with Gasteiger partial charge >= 0.3 is 0 Å². The first-order chi connectivity index (χ1) is 10.2. The Hall–Kier alpha value is -1.09. The molecule has 124 valence electrons. The molecular weight excluding hydrogens is 400 g/mol. The quantitative estimate of drug-likeness (QED) is 0.449. The zero-order valence-corrected chi connectivity index (χ0v) is 15.0. The van der Waals surface area contributed by atoms with Crippen LogP contribution in [0.1, 0.15) is 13.3 Å². The highest BCUT2D eigenvalue weighted by Gasteiger charge is 2.14. The second kappa shape index (κ2) is 9.83. The minimum atomic E-state index is -0.360. The maximum atomic E-state index is 13.6. The molecule has 0 spiro atoms. The van der Waals surface area contributed by atoms with E-state index in [2.05, 4.69) is 4.99 Å². The van der Waals surface area contributed by atoms with Gasteiger partial charge in [0.25, 0.3) is 0 Å². The van der Waals surface area contributed by atoms with Crippen molar-refractivity contribution in [1.82, 2.24) is 4.90 Å². The lowest BCUT2D eigenvalue weighted by atomic mass is 10.2. The number of hydrogen-bond donors (Lipinski definition) is 1. The van der Waals surface area contributed by atoms with Gasteiger partial charge < -0.3 is 20.1 Å². The van der Waals surface area contributed by atoms with Crippen molar-refractivity contribution in [3.8, 4) is 5.75 Å². The molecule has 1 aromatic rings. The van der Waals surface area contributed by atoms with Gasteiger partial charge in [0, 0.05) is 13.1 Å². The van der Waals surface area contributed by atoms with Gasteiger partial charge in [-0.15, -0.1) is 24.0 Å². The van der Waals surface area contributed by atoms with Crippen LogP contribution >= 0.6 is 24.0 Å². The summed E-state index contributed by atoms with van der Waals surface area (Å²) in [5.41, 5.74) is 5.97. The van der Waals surface area contributed by atoms with Crippen LogP contribution in [-0.2, 0) is 4.74 Å². The Morgan fingerprint density at radius 3 is 2.73 bits per heavy atom. The summed E-state index contributed by atoms with van der Waals surface area (Å²) in [5, 5.41) is 0. The van der Waals surface area contributed by atoms with E-state index in [0.717, 1.165) is 19.5 Å². The minimum absolute atomic E-state index is 0. The number of guanidine groups is 1. The van der Waals surface area contributed by atoms with Gasteiger partial charge in [0.1, 0.15) is 6.10 Å². The summed E-state index contributed by atoms with van der Waals surface area (Å²) in [6.45, 7) is 5.22. The van der Waals surface area contributed by atoms with Gasteiger partial charge in [0.05, 0.1) is 19.8 Å². The zero-order chi connectivity index (χ0) is 15.1. The van der Waals surface area contributed by atoms with Crippen molar-refractivity contribution in [3.05, 3.63) is 30.1 Å². The largest absolute Gasteiger partial charge is 0.485 e. The highest BCUT2D eigenvalue weighted by Crippen LogP contribution is 2.18. The third-order valence-electron chi connectivity index (χ3n) is 3.38. The Balaban J connectivity index is 0.00000242. The van der Waals surface area contributed by atoms with E-state index in [-0.39, 0.29) is 41.6 Å². The highest BCUT2D eigenvalue weighted by atomic mass is 127. The van der Waals surface area contributed by atoms with Gasteiger partial charge in [-0.25, -0.2) is 9.38 Å². The molecule has 0 amide bonds. The first-order valence-corrected chi connectivity index (χ1v) is 7.24. The Kier molecular flexibility index (Phi) is 8.47. The zero-order valence-electron chi connectivity index (χ0n) is 12.7. The lowest BCUT2D eigenvalue weighted by Crippen LogP contribution is -2.45. The summed E-state index contributed by atoms with van der Waals surface area (Å²) in [6.07, 6.45) is 0.537. The molecule has 7 heteroatoms. The third-order valence-corrected chi connectivity index (χ3v) is 3.38. The topological polar surface area (TPSA) is 60.1 Å². The smallest absolute Gasteiger partial charge is 0.191 e. The summed E-state index contributed by atoms with van der Waals surface area (Å²) in [7, 11) is 0. The van der Waals surface area contributed by atoms with Crippen LogP contribution < -0.4 is 10.5 Å². The first-order valence-electron chi connectivity index (χ1n) is 7.24. The number of para-hydroxylation sites is 1. The van der Waals surface area contributed by atoms with E-state index in [1.165, 1.54) is 6.07 Å². The maximum absolute atomic E-state index is 13.6.